The van der Waals surface area contributed by atoms with Crippen molar-refractivity contribution in [3.63, 3.8) is 0 Å². The highest BCUT2D eigenvalue weighted by Gasteiger charge is 2.22. The van der Waals surface area contributed by atoms with E-state index in [4.69, 9.17) is 17.3 Å². The molecule has 2 aromatic rings. The second kappa shape index (κ2) is 4.39. The van der Waals surface area contributed by atoms with Crippen LogP contribution in [0.4, 0.5) is 11.4 Å². The molecule has 0 radical (unpaired) electrons. The maximum Gasteiger partial charge on any atom is 0.299 e. The van der Waals surface area contributed by atoms with Gasteiger partial charge in [-0.1, -0.05) is 11.6 Å². The third-order valence-corrected chi connectivity index (χ3v) is 3.55. The van der Waals surface area contributed by atoms with E-state index in [1.54, 1.807) is 6.92 Å². The molecule has 2 heterocycles. The van der Waals surface area contributed by atoms with Crippen LogP contribution < -0.4 is 5.73 Å². The van der Waals surface area contributed by atoms with Gasteiger partial charge in [0.2, 0.25) is 0 Å². The summed E-state index contributed by atoms with van der Waals surface area (Å²) in [6, 6.07) is 1.13. The third kappa shape index (κ3) is 2.07. The molecule has 0 aliphatic rings. The standard InChI is InChI=1S/C9H7ClN4O3S/c1-4-5(11)3-13(12-4)9(15)7-2-6(14(16)17)8(10)18-7/h2-3H,11H2,1H3. The molecule has 0 unspecified atom stereocenters. The van der Waals surface area contributed by atoms with E-state index >= 15 is 0 Å². The minimum Gasteiger partial charge on any atom is -0.396 e. The first kappa shape index (κ1) is 12.5. The van der Waals surface area contributed by atoms with Crippen LogP contribution in [0.5, 0.6) is 0 Å². The summed E-state index contributed by atoms with van der Waals surface area (Å²) in [5, 5.41) is 14.5. The fourth-order valence-electron chi connectivity index (χ4n) is 1.28. The quantitative estimate of drug-likeness (QED) is 0.672. The van der Waals surface area contributed by atoms with Gasteiger partial charge in [-0.05, 0) is 6.92 Å². The molecule has 18 heavy (non-hydrogen) atoms. The lowest BCUT2D eigenvalue weighted by Crippen LogP contribution is -2.11. The van der Waals surface area contributed by atoms with Gasteiger partial charge in [-0.2, -0.15) is 5.10 Å². The number of nitrogens with zero attached hydrogens (tertiary/aromatic N) is 3. The Morgan fingerprint density at radius 1 is 1.67 bits per heavy atom. The van der Waals surface area contributed by atoms with Gasteiger partial charge < -0.3 is 5.73 Å². The van der Waals surface area contributed by atoms with Gasteiger partial charge in [-0.3, -0.25) is 14.9 Å². The van der Waals surface area contributed by atoms with Crippen LogP contribution in [0.2, 0.25) is 4.34 Å². The molecule has 0 aromatic carbocycles. The lowest BCUT2D eigenvalue weighted by Gasteiger charge is -1.94. The highest BCUT2D eigenvalue weighted by Crippen LogP contribution is 2.34. The summed E-state index contributed by atoms with van der Waals surface area (Å²) in [7, 11) is 0. The van der Waals surface area contributed by atoms with Crippen molar-refractivity contribution in [3.05, 3.63) is 37.3 Å². The Hall–Kier alpha value is -1.93. The Labute approximate surface area is 110 Å². The number of anilines is 1. The first-order chi connectivity index (χ1) is 8.40. The van der Waals surface area contributed by atoms with E-state index in [-0.39, 0.29) is 14.9 Å². The molecule has 0 aliphatic heterocycles. The van der Waals surface area contributed by atoms with E-state index in [0.717, 1.165) is 22.1 Å². The van der Waals surface area contributed by atoms with Crippen molar-refractivity contribution in [1.82, 2.24) is 9.78 Å². The van der Waals surface area contributed by atoms with Crippen molar-refractivity contribution in [1.29, 1.82) is 0 Å². The summed E-state index contributed by atoms with van der Waals surface area (Å²) in [5.74, 6) is -0.505. The fourth-order valence-corrected chi connectivity index (χ4v) is 2.43. The van der Waals surface area contributed by atoms with E-state index in [0.29, 0.717) is 11.4 Å². The molecule has 0 aliphatic carbocycles. The van der Waals surface area contributed by atoms with Gasteiger partial charge in [-0.25, -0.2) is 4.68 Å². The molecule has 0 amide bonds. The summed E-state index contributed by atoms with van der Waals surface area (Å²) in [6.07, 6.45) is 1.36. The number of nitro groups is 1. The second-order valence-corrected chi connectivity index (χ2v) is 5.10. The maximum atomic E-state index is 12.0. The SMILES string of the molecule is Cc1nn(C(=O)c2cc([N+](=O)[O-])c(Cl)s2)cc1N. The topological polar surface area (TPSA) is 104 Å². The summed E-state index contributed by atoms with van der Waals surface area (Å²) >= 11 is 6.51. The molecule has 2 rings (SSSR count). The second-order valence-electron chi connectivity index (χ2n) is 3.45. The number of carbonyl (C=O) groups excluding carboxylic acids is 1. The lowest BCUT2D eigenvalue weighted by atomic mass is 10.4. The molecular formula is C9H7ClN4O3S. The van der Waals surface area contributed by atoms with Crippen LogP contribution in [0.1, 0.15) is 15.4 Å². The molecule has 94 valence electrons. The molecule has 2 aromatic heterocycles. The average Bonchev–Trinajstić information content (AvgIpc) is 2.82. The number of nitrogens with two attached hydrogens (primary N) is 1. The van der Waals surface area contributed by atoms with Crippen LogP contribution in [0.3, 0.4) is 0 Å². The molecule has 0 atom stereocenters. The predicted octanol–water partition coefficient (Wildman–Crippen LogP) is 2.09. The molecule has 0 saturated carbocycles. The van der Waals surface area contributed by atoms with E-state index in [9.17, 15) is 14.9 Å². The molecule has 9 heteroatoms. The van der Waals surface area contributed by atoms with Crippen LogP contribution in [0.15, 0.2) is 12.3 Å². The number of nitrogen functional groups attached to an aromatic ring is 1. The van der Waals surface area contributed by atoms with Gasteiger partial charge in [0.25, 0.3) is 11.6 Å². The Morgan fingerprint density at radius 3 is 2.78 bits per heavy atom. The number of aromatic nitrogens is 2. The summed E-state index contributed by atoms with van der Waals surface area (Å²) in [5.41, 5.74) is 6.17. The monoisotopic (exact) mass is 286 g/mol. The summed E-state index contributed by atoms with van der Waals surface area (Å²) in [6.45, 7) is 1.66. The smallest absolute Gasteiger partial charge is 0.299 e. The van der Waals surface area contributed by atoms with E-state index in [1.165, 1.54) is 6.20 Å². The number of hydrogen-bond donors (Lipinski definition) is 1. The number of carbonyl (C=O) groups is 1. The fraction of sp³-hybridized carbons (Fsp3) is 0.111. The van der Waals surface area contributed by atoms with Crippen molar-refractivity contribution in [2.75, 3.05) is 5.73 Å². The largest absolute Gasteiger partial charge is 0.396 e. The van der Waals surface area contributed by atoms with Gasteiger partial charge in [0.1, 0.15) is 4.88 Å². The van der Waals surface area contributed by atoms with Crippen molar-refractivity contribution < 1.29 is 9.72 Å². The number of rotatable bonds is 2. The highest BCUT2D eigenvalue weighted by molar-refractivity contribution is 7.18. The van der Waals surface area contributed by atoms with Crippen LogP contribution >= 0.6 is 22.9 Å². The van der Waals surface area contributed by atoms with Gasteiger partial charge in [0, 0.05) is 6.07 Å². The first-order valence-electron chi connectivity index (χ1n) is 4.70. The number of hydrogen-bond acceptors (Lipinski definition) is 6. The summed E-state index contributed by atoms with van der Waals surface area (Å²) < 4.78 is 0.997. The predicted molar refractivity (Wildman–Crippen MR) is 67.1 cm³/mol. The van der Waals surface area contributed by atoms with Crippen molar-refractivity contribution in [2.45, 2.75) is 6.92 Å². The molecular weight excluding hydrogens is 280 g/mol. The zero-order valence-electron chi connectivity index (χ0n) is 9.08. The zero-order valence-corrected chi connectivity index (χ0v) is 10.7. The van der Waals surface area contributed by atoms with Crippen LogP contribution in [0, 0.1) is 17.0 Å². The lowest BCUT2D eigenvalue weighted by molar-refractivity contribution is -0.384. The third-order valence-electron chi connectivity index (χ3n) is 2.22. The van der Waals surface area contributed by atoms with E-state index < -0.39 is 10.8 Å². The Bertz CT molecular complexity index is 629. The van der Waals surface area contributed by atoms with Crippen LogP contribution in [-0.2, 0) is 0 Å². The number of aryl methyl sites for hydroxylation is 1. The Morgan fingerprint density at radius 2 is 2.33 bits per heavy atom. The van der Waals surface area contributed by atoms with Gasteiger partial charge in [0.15, 0.2) is 4.34 Å². The van der Waals surface area contributed by atoms with E-state index in [1.807, 2.05) is 0 Å². The normalized spacial score (nSPS) is 10.6. The minimum atomic E-state index is -0.641. The van der Waals surface area contributed by atoms with Crippen LogP contribution in [-0.4, -0.2) is 20.6 Å². The van der Waals surface area contributed by atoms with Gasteiger partial charge >= 0.3 is 0 Å². The maximum absolute atomic E-state index is 12.0. The molecule has 7 nitrogen and oxygen atoms in total. The summed E-state index contributed by atoms with van der Waals surface area (Å²) in [4.78, 5) is 22.1. The average molecular weight is 287 g/mol. The highest BCUT2D eigenvalue weighted by atomic mass is 35.5. The molecule has 0 saturated heterocycles. The Kier molecular flexibility index (Phi) is 3.05. The zero-order chi connectivity index (χ0) is 13.4. The molecule has 0 fully saturated rings. The minimum absolute atomic E-state index is 0.0415. The molecule has 2 N–H and O–H groups in total. The van der Waals surface area contributed by atoms with Gasteiger partial charge in [-0.15, -0.1) is 11.3 Å². The molecule has 0 bridgehead atoms. The van der Waals surface area contributed by atoms with Gasteiger partial charge in [0.05, 0.1) is 22.5 Å². The Balaban J connectivity index is 2.40. The van der Waals surface area contributed by atoms with E-state index in [2.05, 4.69) is 5.10 Å². The van der Waals surface area contributed by atoms with Crippen LogP contribution in [0.25, 0.3) is 0 Å². The number of halogens is 1. The van der Waals surface area contributed by atoms with Crippen molar-refractivity contribution in [3.8, 4) is 0 Å². The van der Waals surface area contributed by atoms with Crippen molar-refractivity contribution >= 4 is 40.2 Å². The first-order valence-corrected chi connectivity index (χ1v) is 5.89. The molecule has 0 spiro atoms. The van der Waals surface area contributed by atoms with Crippen molar-refractivity contribution in [2.24, 2.45) is 0 Å². The number of thiophene rings is 1.